The Kier molecular flexibility index (Phi) is 4.07. The maximum atomic E-state index is 11.4. The van der Waals surface area contributed by atoms with Crippen LogP contribution in [0.25, 0.3) is 0 Å². The van der Waals surface area contributed by atoms with E-state index in [-0.39, 0.29) is 25.1 Å². The lowest BCUT2D eigenvalue weighted by Gasteiger charge is -2.21. The molecule has 2 unspecified atom stereocenters. The average Bonchev–Trinajstić information content (AvgIpc) is 2.98. The summed E-state index contributed by atoms with van der Waals surface area (Å²) >= 11 is 0. The van der Waals surface area contributed by atoms with Gasteiger partial charge < -0.3 is 21.3 Å². The van der Waals surface area contributed by atoms with Gasteiger partial charge in [-0.05, 0) is 25.7 Å². The van der Waals surface area contributed by atoms with Crippen LogP contribution < -0.4 is 11.1 Å². The lowest BCUT2D eigenvalue weighted by molar-refractivity contribution is -0.123. The third-order valence-corrected chi connectivity index (χ3v) is 2.66. The Bertz CT molecular complexity index is 227. The molecular formula is C10H20N2O3. The minimum atomic E-state index is -1.25. The van der Waals surface area contributed by atoms with E-state index < -0.39 is 5.60 Å². The van der Waals surface area contributed by atoms with Crippen LogP contribution in [0.2, 0.25) is 0 Å². The molecule has 88 valence electrons. The number of hydrogen-bond donors (Lipinski definition) is 4. The predicted octanol–water partition coefficient (Wildman–Crippen LogP) is -1.03. The molecule has 5 nitrogen and oxygen atoms in total. The summed E-state index contributed by atoms with van der Waals surface area (Å²) in [6.07, 6.45) is 2.53. The van der Waals surface area contributed by atoms with Gasteiger partial charge in [-0.2, -0.15) is 0 Å². The average molecular weight is 216 g/mol. The van der Waals surface area contributed by atoms with Crippen molar-refractivity contribution in [3.8, 4) is 0 Å². The van der Waals surface area contributed by atoms with Gasteiger partial charge in [0.05, 0.1) is 6.61 Å². The van der Waals surface area contributed by atoms with Gasteiger partial charge in [-0.15, -0.1) is 0 Å². The maximum absolute atomic E-state index is 11.4. The summed E-state index contributed by atoms with van der Waals surface area (Å²) in [4.78, 5) is 11.4. The van der Waals surface area contributed by atoms with Crippen LogP contribution in [0.4, 0.5) is 0 Å². The summed E-state index contributed by atoms with van der Waals surface area (Å²) < 4.78 is 0. The van der Waals surface area contributed by atoms with E-state index in [0.29, 0.717) is 12.3 Å². The fourth-order valence-electron chi connectivity index (χ4n) is 1.32. The molecule has 0 radical (unpaired) electrons. The Hall–Kier alpha value is -0.650. The Morgan fingerprint density at radius 2 is 2.27 bits per heavy atom. The zero-order chi connectivity index (χ0) is 11.5. The molecule has 1 aliphatic rings. The van der Waals surface area contributed by atoms with Gasteiger partial charge in [0, 0.05) is 19.0 Å². The second-order valence-corrected chi connectivity index (χ2v) is 4.64. The van der Waals surface area contributed by atoms with Crippen molar-refractivity contribution >= 4 is 5.91 Å². The highest BCUT2D eigenvalue weighted by molar-refractivity contribution is 5.76. The Morgan fingerprint density at radius 3 is 2.73 bits per heavy atom. The van der Waals surface area contributed by atoms with E-state index in [1.165, 1.54) is 6.92 Å². The molecule has 0 saturated heterocycles. The molecule has 0 bridgehead atoms. The summed E-state index contributed by atoms with van der Waals surface area (Å²) in [5, 5.41) is 20.8. The van der Waals surface area contributed by atoms with Crippen LogP contribution in [-0.2, 0) is 4.79 Å². The zero-order valence-corrected chi connectivity index (χ0v) is 9.07. The first kappa shape index (κ1) is 12.4. The molecule has 2 atom stereocenters. The van der Waals surface area contributed by atoms with Crippen molar-refractivity contribution in [1.29, 1.82) is 0 Å². The van der Waals surface area contributed by atoms with Crippen LogP contribution in [-0.4, -0.2) is 40.9 Å². The van der Waals surface area contributed by atoms with Gasteiger partial charge in [0.1, 0.15) is 5.60 Å². The fourth-order valence-corrected chi connectivity index (χ4v) is 1.32. The van der Waals surface area contributed by atoms with E-state index in [0.717, 1.165) is 12.8 Å². The molecule has 15 heavy (non-hydrogen) atoms. The van der Waals surface area contributed by atoms with Crippen LogP contribution in [0.1, 0.15) is 26.2 Å². The summed E-state index contributed by atoms with van der Waals surface area (Å²) in [5.41, 5.74) is 4.53. The summed E-state index contributed by atoms with van der Waals surface area (Å²) in [6, 6.07) is -0.0657. The van der Waals surface area contributed by atoms with E-state index >= 15 is 0 Å². The molecule has 1 saturated carbocycles. The number of aliphatic hydroxyl groups is 2. The maximum Gasteiger partial charge on any atom is 0.221 e. The first-order valence-corrected chi connectivity index (χ1v) is 5.30. The molecule has 0 heterocycles. The zero-order valence-electron chi connectivity index (χ0n) is 9.07. The number of hydrogen-bond acceptors (Lipinski definition) is 4. The van der Waals surface area contributed by atoms with Gasteiger partial charge in [0.2, 0.25) is 5.91 Å². The molecule has 5 N–H and O–H groups in total. The van der Waals surface area contributed by atoms with Crippen LogP contribution in [0.5, 0.6) is 0 Å². The number of aliphatic hydroxyl groups excluding tert-OH is 1. The third kappa shape index (κ3) is 4.59. The van der Waals surface area contributed by atoms with Crippen molar-refractivity contribution in [2.24, 2.45) is 11.7 Å². The normalized spacial score (nSPS) is 21.9. The summed E-state index contributed by atoms with van der Waals surface area (Å²) in [6.45, 7) is 1.15. The molecule has 1 fully saturated rings. The molecule has 0 spiro atoms. The van der Waals surface area contributed by atoms with Crippen LogP contribution >= 0.6 is 0 Å². The fraction of sp³-hybridized carbons (Fsp3) is 0.900. The van der Waals surface area contributed by atoms with Crippen molar-refractivity contribution in [3.05, 3.63) is 0 Å². The summed E-state index contributed by atoms with van der Waals surface area (Å²) in [5.74, 6) is 0.331. The number of rotatable bonds is 6. The summed E-state index contributed by atoms with van der Waals surface area (Å²) in [7, 11) is 0. The largest absolute Gasteiger partial charge is 0.393 e. The molecule has 0 aliphatic heterocycles. The Morgan fingerprint density at radius 1 is 1.67 bits per heavy atom. The monoisotopic (exact) mass is 216 g/mol. The van der Waals surface area contributed by atoms with E-state index in [4.69, 9.17) is 10.8 Å². The number of nitrogens with one attached hydrogen (secondary N) is 1. The predicted molar refractivity (Wildman–Crippen MR) is 56.0 cm³/mol. The Labute approximate surface area is 89.7 Å². The highest BCUT2D eigenvalue weighted by Gasteiger charge is 2.30. The third-order valence-electron chi connectivity index (χ3n) is 2.66. The molecule has 1 rings (SSSR count). The lowest BCUT2D eigenvalue weighted by Crippen LogP contribution is -2.44. The number of carbonyl (C=O) groups excluding carboxylic acids is 1. The van der Waals surface area contributed by atoms with Crippen molar-refractivity contribution in [2.45, 2.75) is 37.8 Å². The van der Waals surface area contributed by atoms with Gasteiger partial charge in [-0.25, -0.2) is 0 Å². The molecule has 0 aromatic heterocycles. The molecule has 0 aromatic rings. The second-order valence-electron chi connectivity index (χ2n) is 4.64. The number of carbonyl (C=O) groups is 1. The molecule has 1 amide bonds. The smallest absolute Gasteiger partial charge is 0.221 e. The quantitative estimate of drug-likeness (QED) is 0.456. The van der Waals surface area contributed by atoms with Gasteiger partial charge in [0.25, 0.3) is 0 Å². The van der Waals surface area contributed by atoms with E-state index in [2.05, 4.69) is 5.32 Å². The van der Waals surface area contributed by atoms with E-state index in [9.17, 15) is 9.90 Å². The molecule has 1 aliphatic carbocycles. The Balaban J connectivity index is 2.17. The topological polar surface area (TPSA) is 95.6 Å². The molecule has 5 heteroatoms. The first-order valence-electron chi connectivity index (χ1n) is 5.30. The second kappa shape index (κ2) is 4.92. The van der Waals surface area contributed by atoms with E-state index in [1.807, 2.05) is 0 Å². The highest BCUT2D eigenvalue weighted by atomic mass is 16.3. The molecule has 0 aromatic carbocycles. The number of nitrogens with two attached hydrogens (primary N) is 1. The van der Waals surface area contributed by atoms with Gasteiger partial charge in [-0.1, -0.05) is 0 Å². The number of amides is 1. The minimum absolute atomic E-state index is 0.0553. The van der Waals surface area contributed by atoms with Crippen molar-refractivity contribution in [2.75, 3.05) is 13.2 Å². The van der Waals surface area contributed by atoms with Crippen molar-refractivity contribution < 1.29 is 15.0 Å². The SMILES string of the molecule is CC(O)(CO)CNC(=O)CC(N)C1CC1. The molecular weight excluding hydrogens is 196 g/mol. The van der Waals surface area contributed by atoms with Gasteiger partial charge in [-0.3, -0.25) is 4.79 Å². The first-order chi connectivity index (χ1) is 6.94. The van der Waals surface area contributed by atoms with Gasteiger partial charge >= 0.3 is 0 Å². The lowest BCUT2D eigenvalue weighted by atomic mass is 10.1. The standard InChI is InChI=1S/C10H20N2O3/c1-10(15,6-13)5-12-9(14)4-8(11)7-2-3-7/h7-8,13,15H,2-6,11H2,1H3,(H,12,14). The van der Waals surface area contributed by atoms with Crippen molar-refractivity contribution in [1.82, 2.24) is 5.32 Å². The van der Waals surface area contributed by atoms with Crippen LogP contribution in [0, 0.1) is 5.92 Å². The van der Waals surface area contributed by atoms with Crippen LogP contribution in [0.3, 0.4) is 0 Å². The minimum Gasteiger partial charge on any atom is -0.393 e. The highest BCUT2D eigenvalue weighted by Crippen LogP contribution is 2.32. The van der Waals surface area contributed by atoms with Crippen LogP contribution in [0.15, 0.2) is 0 Å². The van der Waals surface area contributed by atoms with Crippen molar-refractivity contribution in [3.63, 3.8) is 0 Å². The van der Waals surface area contributed by atoms with Gasteiger partial charge in [0.15, 0.2) is 0 Å². The van der Waals surface area contributed by atoms with E-state index in [1.54, 1.807) is 0 Å².